The number of rotatable bonds is 5. The SMILES string of the molecule is Cc1cc(C)c(C(C)NC(=O)C2CCN(S(=O)(=O)c3ccccc3)CC2)cc1C. The minimum Gasteiger partial charge on any atom is -0.349 e. The summed E-state index contributed by atoms with van der Waals surface area (Å²) < 4.78 is 27.0. The van der Waals surface area contributed by atoms with E-state index in [-0.39, 0.29) is 17.9 Å². The van der Waals surface area contributed by atoms with Gasteiger partial charge in [0.1, 0.15) is 0 Å². The van der Waals surface area contributed by atoms with Crippen LogP contribution < -0.4 is 5.32 Å². The van der Waals surface area contributed by atoms with Crippen LogP contribution in [0.2, 0.25) is 0 Å². The fourth-order valence-corrected chi connectivity index (χ4v) is 5.45. The summed E-state index contributed by atoms with van der Waals surface area (Å²) in [4.78, 5) is 13.1. The first-order valence-electron chi connectivity index (χ1n) is 10.1. The van der Waals surface area contributed by atoms with E-state index in [4.69, 9.17) is 0 Å². The Hall–Kier alpha value is -2.18. The molecule has 1 N–H and O–H groups in total. The van der Waals surface area contributed by atoms with Crippen molar-refractivity contribution in [3.05, 3.63) is 64.7 Å². The fraction of sp³-hybridized carbons (Fsp3) is 0.435. The first-order chi connectivity index (χ1) is 13.7. The van der Waals surface area contributed by atoms with Crippen molar-refractivity contribution >= 4 is 15.9 Å². The van der Waals surface area contributed by atoms with Crippen molar-refractivity contribution in [3.63, 3.8) is 0 Å². The van der Waals surface area contributed by atoms with Crippen LogP contribution >= 0.6 is 0 Å². The number of aryl methyl sites for hydroxylation is 3. The van der Waals surface area contributed by atoms with Gasteiger partial charge < -0.3 is 5.32 Å². The number of piperidine rings is 1. The van der Waals surface area contributed by atoms with E-state index >= 15 is 0 Å². The average Bonchev–Trinajstić information content (AvgIpc) is 2.71. The Morgan fingerprint density at radius 3 is 2.21 bits per heavy atom. The maximum Gasteiger partial charge on any atom is 0.243 e. The van der Waals surface area contributed by atoms with E-state index in [0.29, 0.717) is 30.8 Å². The number of hydrogen-bond acceptors (Lipinski definition) is 3. The summed E-state index contributed by atoms with van der Waals surface area (Å²) in [5.74, 6) is -0.154. The van der Waals surface area contributed by atoms with E-state index in [1.165, 1.54) is 21.0 Å². The van der Waals surface area contributed by atoms with E-state index in [1.54, 1.807) is 30.3 Å². The third kappa shape index (κ3) is 4.70. The molecular weight excluding hydrogens is 384 g/mol. The Kier molecular flexibility index (Phi) is 6.44. The van der Waals surface area contributed by atoms with E-state index in [2.05, 4.69) is 38.2 Å². The molecule has 29 heavy (non-hydrogen) atoms. The first kappa shape index (κ1) is 21.5. The van der Waals surface area contributed by atoms with Crippen molar-refractivity contribution < 1.29 is 13.2 Å². The van der Waals surface area contributed by atoms with Gasteiger partial charge in [-0.3, -0.25) is 4.79 Å². The molecule has 3 rings (SSSR count). The lowest BCUT2D eigenvalue weighted by Crippen LogP contribution is -2.43. The lowest BCUT2D eigenvalue weighted by Gasteiger charge is -2.31. The molecule has 1 atom stereocenters. The standard InChI is InChI=1S/C23H30N2O3S/c1-16-14-18(3)22(15-17(16)2)19(4)24-23(26)20-10-12-25(13-11-20)29(27,28)21-8-6-5-7-9-21/h5-9,14-15,19-20H,10-13H2,1-4H3,(H,24,26). The minimum absolute atomic E-state index is 0.00638. The quantitative estimate of drug-likeness (QED) is 0.807. The molecule has 1 heterocycles. The van der Waals surface area contributed by atoms with Crippen molar-refractivity contribution in [2.24, 2.45) is 5.92 Å². The zero-order valence-corrected chi connectivity index (χ0v) is 18.4. The Morgan fingerprint density at radius 1 is 1.00 bits per heavy atom. The van der Waals surface area contributed by atoms with E-state index in [9.17, 15) is 13.2 Å². The number of nitrogens with zero attached hydrogens (tertiary/aromatic N) is 1. The van der Waals surface area contributed by atoms with Crippen LogP contribution in [0.4, 0.5) is 0 Å². The zero-order chi connectivity index (χ0) is 21.2. The summed E-state index contributed by atoms with van der Waals surface area (Å²) in [6.07, 6.45) is 1.08. The molecule has 2 aromatic carbocycles. The van der Waals surface area contributed by atoms with Gasteiger partial charge in [0, 0.05) is 19.0 Å². The van der Waals surface area contributed by atoms with Gasteiger partial charge in [-0.25, -0.2) is 8.42 Å². The highest BCUT2D eigenvalue weighted by Crippen LogP contribution is 2.26. The second kappa shape index (κ2) is 8.67. The van der Waals surface area contributed by atoms with Gasteiger partial charge in [0.2, 0.25) is 15.9 Å². The largest absolute Gasteiger partial charge is 0.349 e. The fourth-order valence-electron chi connectivity index (χ4n) is 3.96. The van der Waals surface area contributed by atoms with Gasteiger partial charge in [-0.15, -0.1) is 0 Å². The molecule has 0 bridgehead atoms. The summed E-state index contributed by atoms with van der Waals surface area (Å²) in [7, 11) is -3.49. The molecule has 1 aliphatic heterocycles. The molecule has 0 spiro atoms. The number of nitrogens with one attached hydrogen (secondary N) is 1. The van der Waals surface area contributed by atoms with Crippen molar-refractivity contribution in [1.82, 2.24) is 9.62 Å². The van der Waals surface area contributed by atoms with Crippen LogP contribution in [0, 0.1) is 26.7 Å². The van der Waals surface area contributed by atoms with Crippen molar-refractivity contribution in [3.8, 4) is 0 Å². The van der Waals surface area contributed by atoms with Crippen LogP contribution in [-0.2, 0) is 14.8 Å². The van der Waals surface area contributed by atoms with Gasteiger partial charge >= 0.3 is 0 Å². The van der Waals surface area contributed by atoms with Gasteiger partial charge in [-0.05, 0) is 74.9 Å². The van der Waals surface area contributed by atoms with Gasteiger partial charge in [0.25, 0.3) is 0 Å². The van der Waals surface area contributed by atoms with Gasteiger partial charge in [-0.1, -0.05) is 30.3 Å². The number of benzene rings is 2. The zero-order valence-electron chi connectivity index (χ0n) is 17.6. The molecule has 0 aliphatic carbocycles. The van der Waals surface area contributed by atoms with Crippen LogP contribution in [0.25, 0.3) is 0 Å². The lowest BCUT2D eigenvalue weighted by molar-refractivity contribution is -0.126. The summed E-state index contributed by atoms with van der Waals surface area (Å²) in [6.45, 7) is 8.97. The molecule has 6 heteroatoms. The maximum atomic E-state index is 12.8. The monoisotopic (exact) mass is 414 g/mol. The second-order valence-corrected chi connectivity index (χ2v) is 9.95. The van der Waals surface area contributed by atoms with E-state index in [0.717, 1.165) is 5.56 Å². The summed E-state index contributed by atoms with van der Waals surface area (Å²) >= 11 is 0. The highest BCUT2D eigenvalue weighted by Gasteiger charge is 2.32. The van der Waals surface area contributed by atoms with Crippen molar-refractivity contribution in [1.29, 1.82) is 0 Å². The Balaban J connectivity index is 1.61. The summed E-state index contributed by atoms with van der Waals surface area (Å²) in [6, 6.07) is 12.7. The van der Waals surface area contributed by atoms with Crippen molar-refractivity contribution in [2.75, 3.05) is 13.1 Å². The third-order valence-corrected chi connectivity index (χ3v) is 7.83. The molecule has 0 aromatic heterocycles. The molecule has 5 nitrogen and oxygen atoms in total. The predicted molar refractivity (Wildman–Crippen MR) is 115 cm³/mol. The van der Waals surface area contributed by atoms with Crippen LogP contribution in [0.5, 0.6) is 0 Å². The normalized spacial score (nSPS) is 17.1. The summed E-state index contributed by atoms with van der Waals surface area (Å²) in [5.41, 5.74) is 4.76. The molecular formula is C23H30N2O3S. The smallest absolute Gasteiger partial charge is 0.243 e. The molecule has 156 valence electrons. The maximum absolute atomic E-state index is 12.8. The molecule has 1 amide bonds. The number of amides is 1. The van der Waals surface area contributed by atoms with Gasteiger partial charge in [-0.2, -0.15) is 4.31 Å². The number of hydrogen-bond donors (Lipinski definition) is 1. The Bertz CT molecular complexity index is 979. The topological polar surface area (TPSA) is 66.5 Å². The van der Waals surface area contributed by atoms with Crippen molar-refractivity contribution in [2.45, 2.75) is 51.5 Å². The molecule has 1 saturated heterocycles. The first-order valence-corrected chi connectivity index (χ1v) is 11.6. The third-order valence-electron chi connectivity index (χ3n) is 5.91. The van der Waals surface area contributed by atoms with E-state index < -0.39 is 10.0 Å². The minimum atomic E-state index is -3.49. The van der Waals surface area contributed by atoms with E-state index in [1.807, 2.05) is 6.92 Å². The molecule has 1 unspecified atom stereocenters. The van der Waals surface area contributed by atoms with Crippen LogP contribution in [-0.4, -0.2) is 31.7 Å². The van der Waals surface area contributed by atoms with Crippen LogP contribution in [0.1, 0.15) is 48.1 Å². The molecule has 0 saturated carbocycles. The molecule has 2 aromatic rings. The van der Waals surface area contributed by atoms with Crippen LogP contribution in [0.15, 0.2) is 47.4 Å². The predicted octanol–water partition coefficient (Wildman–Crippen LogP) is 3.89. The molecule has 0 radical (unpaired) electrons. The Labute approximate surface area is 174 Å². The second-order valence-electron chi connectivity index (χ2n) is 8.01. The Morgan fingerprint density at radius 2 is 1.59 bits per heavy atom. The number of carbonyl (C=O) groups is 1. The summed E-state index contributed by atoms with van der Waals surface area (Å²) in [5, 5.41) is 3.13. The van der Waals surface area contributed by atoms with Gasteiger partial charge in [0.15, 0.2) is 0 Å². The number of sulfonamides is 1. The highest BCUT2D eigenvalue weighted by molar-refractivity contribution is 7.89. The molecule has 1 fully saturated rings. The number of carbonyl (C=O) groups excluding carboxylic acids is 1. The van der Waals surface area contributed by atoms with Gasteiger partial charge in [0.05, 0.1) is 10.9 Å². The average molecular weight is 415 g/mol. The van der Waals surface area contributed by atoms with Crippen LogP contribution in [0.3, 0.4) is 0 Å². The highest BCUT2D eigenvalue weighted by atomic mass is 32.2. The lowest BCUT2D eigenvalue weighted by atomic mass is 9.94. The molecule has 1 aliphatic rings.